The summed E-state index contributed by atoms with van der Waals surface area (Å²) in [6, 6.07) is 32.2. The zero-order valence-electron chi connectivity index (χ0n) is 20.6. The molecule has 0 bridgehead atoms. The highest BCUT2D eigenvalue weighted by Crippen LogP contribution is 2.34. The lowest BCUT2D eigenvalue weighted by Gasteiger charge is -2.12. The highest BCUT2D eigenvalue weighted by Gasteiger charge is 2.20. The maximum Gasteiger partial charge on any atom is 0.0922 e. The van der Waals surface area contributed by atoms with Gasteiger partial charge in [-0.1, -0.05) is 95.5 Å². The lowest BCUT2D eigenvalue weighted by atomic mass is 9.97. The van der Waals surface area contributed by atoms with Gasteiger partial charge in [0.25, 0.3) is 0 Å². The average molecular weight is 558 g/mol. The van der Waals surface area contributed by atoms with Gasteiger partial charge in [-0.2, -0.15) is 5.10 Å². The Morgan fingerprint density at radius 3 is 2.00 bits per heavy atom. The van der Waals surface area contributed by atoms with Crippen LogP contribution in [0.25, 0.3) is 38.5 Å². The van der Waals surface area contributed by atoms with E-state index in [1.807, 2.05) is 41.1 Å². The zero-order chi connectivity index (χ0) is 26.2. The molecule has 0 fully saturated rings. The molecular weight excluding hydrogens is 535 g/mol. The predicted octanol–water partition coefficient (Wildman–Crippen LogP) is 9.83. The van der Waals surface area contributed by atoms with E-state index in [1.54, 1.807) is 6.07 Å². The van der Waals surface area contributed by atoms with Gasteiger partial charge in [-0.25, -0.2) is 4.68 Å². The molecule has 0 unspecified atom stereocenters. The van der Waals surface area contributed by atoms with Crippen LogP contribution in [0.1, 0.15) is 16.8 Å². The first-order valence-corrected chi connectivity index (χ1v) is 13.4. The molecule has 3 nitrogen and oxygen atoms in total. The molecule has 1 heterocycles. The van der Waals surface area contributed by atoms with Crippen LogP contribution in [-0.2, 0) is 18.0 Å². The summed E-state index contributed by atoms with van der Waals surface area (Å²) in [6.07, 6.45) is 0. The summed E-state index contributed by atoms with van der Waals surface area (Å²) < 4.78 is 8.22. The second-order valence-corrected chi connectivity index (χ2v) is 10.5. The number of benzene rings is 5. The van der Waals surface area contributed by atoms with Crippen LogP contribution in [0.5, 0.6) is 0 Å². The Kier molecular flexibility index (Phi) is 6.86. The van der Waals surface area contributed by atoms with Crippen molar-refractivity contribution in [3.8, 4) is 16.9 Å². The summed E-state index contributed by atoms with van der Waals surface area (Å²) >= 11 is 19.0. The number of ether oxygens (including phenoxy) is 1. The molecule has 6 heteroatoms. The molecule has 6 rings (SSSR count). The van der Waals surface area contributed by atoms with Crippen molar-refractivity contribution >= 4 is 56.3 Å². The van der Waals surface area contributed by atoms with Crippen molar-refractivity contribution in [2.45, 2.75) is 20.1 Å². The molecule has 0 aliphatic rings. The third-order valence-electron chi connectivity index (χ3n) is 6.84. The smallest absolute Gasteiger partial charge is 0.0922 e. The molecule has 0 atom stereocenters. The van der Waals surface area contributed by atoms with E-state index in [9.17, 15) is 0 Å². The summed E-state index contributed by atoms with van der Waals surface area (Å²) in [6.45, 7) is 2.87. The van der Waals surface area contributed by atoms with Crippen LogP contribution >= 0.6 is 34.8 Å². The van der Waals surface area contributed by atoms with Gasteiger partial charge in [0.2, 0.25) is 0 Å². The lowest BCUT2D eigenvalue weighted by molar-refractivity contribution is 0.105. The molecule has 0 aliphatic carbocycles. The number of rotatable bonds is 6. The number of nitrogens with zero attached hydrogens (tertiary/aromatic N) is 2. The summed E-state index contributed by atoms with van der Waals surface area (Å²) in [5.74, 6) is 0. The fourth-order valence-electron chi connectivity index (χ4n) is 4.97. The molecule has 0 saturated carbocycles. The molecule has 0 radical (unpaired) electrons. The first kappa shape index (κ1) is 25.0. The van der Waals surface area contributed by atoms with E-state index in [0.717, 1.165) is 28.2 Å². The maximum absolute atomic E-state index is 6.61. The van der Waals surface area contributed by atoms with Gasteiger partial charge >= 0.3 is 0 Å². The maximum atomic E-state index is 6.61. The molecule has 0 aliphatic heterocycles. The van der Waals surface area contributed by atoms with Crippen molar-refractivity contribution in [2.75, 3.05) is 0 Å². The van der Waals surface area contributed by atoms with Gasteiger partial charge in [0.1, 0.15) is 0 Å². The Morgan fingerprint density at radius 2 is 1.34 bits per heavy atom. The minimum absolute atomic E-state index is 0.349. The Hall–Kier alpha value is -3.34. The van der Waals surface area contributed by atoms with Gasteiger partial charge in [-0.05, 0) is 70.4 Å². The van der Waals surface area contributed by atoms with Crippen LogP contribution in [0.4, 0.5) is 0 Å². The van der Waals surface area contributed by atoms with Crippen LogP contribution in [0.2, 0.25) is 15.1 Å². The Balaban J connectivity index is 1.38. The van der Waals surface area contributed by atoms with Gasteiger partial charge in [-0.15, -0.1) is 0 Å². The Labute approximate surface area is 236 Å². The minimum atomic E-state index is 0.349. The fraction of sp³-hybridized carbons (Fsp3) is 0.0938. The van der Waals surface area contributed by atoms with Crippen molar-refractivity contribution in [1.82, 2.24) is 9.78 Å². The molecule has 38 heavy (non-hydrogen) atoms. The van der Waals surface area contributed by atoms with Gasteiger partial charge in [0.15, 0.2) is 0 Å². The standard InChI is InChI=1S/C32H23Cl3N2O/c1-20-30(19-38-18-28-26-8-4-2-6-22(26)16-23-7-3-5-9-27(23)28)36-37(31-15-14-25(34)17-29(31)35)32(20)21-10-12-24(33)13-11-21/h2-17H,18-19H2,1H3. The van der Waals surface area contributed by atoms with Crippen LogP contribution in [-0.4, -0.2) is 9.78 Å². The Bertz CT molecular complexity index is 1740. The van der Waals surface area contributed by atoms with Gasteiger partial charge < -0.3 is 4.74 Å². The van der Waals surface area contributed by atoms with Crippen LogP contribution in [0.3, 0.4) is 0 Å². The second-order valence-electron chi connectivity index (χ2n) is 9.22. The van der Waals surface area contributed by atoms with Crippen molar-refractivity contribution in [1.29, 1.82) is 0 Å². The lowest BCUT2D eigenvalue weighted by Crippen LogP contribution is -2.02. The molecule has 6 aromatic rings. The normalized spacial score (nSPS) is 11.5. The molecule has 0 amide bonds. The number of aromatic nitrogens is 2. The largest absolute Gasteiger partial charge is 0.370 e. The summed E-state index contributed by atoms with van der Waals surface area (Å²) in [5.41, 5.74) is 5.69. The van der Waals surface area contributed by atoms with Crippen LogP contribution in [0.15, 0.2) is 97.1 Å². The zero-order valence-corrected chi connectivity index (χ0v) is 22.9. The molecule has 0 spiro atoms. The Morgan fingerprint density at radius 1 is 0.711 bits per heavy atom. The van der Waals surface area contributed by atoms with E-state index < -0.39 is 0 Å². The number of hydrogen-bond acceptors (Lipinski definition) is 2. The van der Waals surface area contributed by atoms with Crippen molar-refractivity contribution < 1.29 is 4.74 Å². The molecular formula is C32H23Cl3N2O. The fourth-order valence-corrected chi connectivity index (χ4v) is 5.58. The molecule has 188 valence electrons. The second kappa shape index (κ2) is 10.4. The molecule has 0 N–H and O–H groups in total. The molecule has 0 saturated heterocycles. The van der Waals surface area contributed by atoms with Gasteiger partial charge in [0.05, 0.1) is 35.3 Å². The van der Waals surface area contributed by atoms with E-state index in [-0.39, 0.29) is 0 Å². The SMILES string of the molecule is Cc1c(COCc2c3ccccc3cc3ccccc23)nn(-c2ccc(Cl)cc2Cl)c1-c1ccc(Cl)cc1. The summed E-state index contributed by atoms with van der Waals surface area (Å²) in [7, 11) is 0. The van der Waals surface area contributed by atoms with Crippen molar-refractivity contribution in [3.05, 3.63) is 129 Å². The van der Waals surface area contributed by atoms with E-state index in [0.29, 0.717) is 28.3 Å². The third kappa shape index (κ3) is 4.68. The monoisotopic (exact) mass is 556 g/mol. The van der Waals surface area contributed by atoms with E-state index in [2.05, 4.69) is 61.5 Å². The molecule has 5 aromatic carbocycles. The third-order valence-corrected chi connectivity index (χ3v) is 7.63. The summed E-state index contributed by atoms with van der Waals surface area (Å²) in [4.78, 5) is 0. The van der Waals surface area contributed by atoms with Gasteiger partial charge in [-0.3, -0.25) is 0 Å². The average Bonchev–Trinajstić information content (AvgIpc) is 3.24. The number of fused-ring (bicyclic) bond motifs is 2. The van der Waals surface area contributed by atoms with Crippen LogP contribution in [0, 0.1) is 6.92 Å². The van der Waals surface area contributed by atoms with Crippen molar-refractivity contribution in [3.63, 3.8) is 0 Å². The van der Waals surface area contributed by atoms with E-state index in [1.165, 1.54) is 27.1 Å². The predicted molar refractivity (Wildman–Crippen MR) is 159 cm³/mol. The minimum Gasteiger partial charge on any atom is -0.370 e. The topological polar surface area (TPSA) is 27.1 Å². The number of halogens is 3. The highest BCUT2D eigenvalue weighted by molar-refractivity contribution is 6.35. The number of hydrogen-bond donors (Lipinski definition) is 0. The van der Waals surface area contributed by atoms with E-state index in [4.69, 9.17) is 44.6 Å². The molecule has 1 aromatic heterocycles. The quantitative estimate of drug-likeness (QED) is 0.191. The van der Waals surface area contributed by atoms with Crippen molar-refractivity contribution in [2.24, 2.45) is 0 Å². The summed E-state index contributed by atoms with van der Waals surface area (Å²) in [5, 5.41) is 11.5. The first-order chi connectivity index (χ1) is 18.5. The van der Waals surface area contributed by atoms with Crippen LogP contribution < -0.4 is 0 Å². The van der Waals surface area contributed by atoms with E-state index >= 15 is 0 Å². The first-order valence-electron chi connectivity index (χ1n) is 12.3. The van der Waals surface area contributed by atoms with Gasteiger partial charge in [0, 0.05) is 21.2 Å². The highest BCUT2D eigenvalue weighted by atomic mass is 35.5.